The molecule has 2 aliphatic rings. The van der Waals surface area contributed by atoms with Crippen LogP contribution in [0.5, 0.6) is 11.5 Å². The molecule has 0 aromatic heterocycles. The number of rotatable bonds is 6. The summed E-state index contributed by atoms with van der Waals surface area (Å²) < 4.78 is 41.0. The Balaban J connectivity index is 1.42. The monoisotopic (exact) mass is 449 g/mol. The lowest BCUT2D eigenvalue weighted by atomic mass is 9.91. The highest BCUT2D eigenvalue weighted by Crippen LogP contribution is 2.48. The molecule has 0 unspecified atom stereocenters. The van der Waals surface area contributed by atoms with E-state index in [0.29, 0.717) is 17.2 Å². The molecule has 0 amide bonds. The third-order valence-electron chi connectivity index (χ3n) is 6.21. The van der Waals surface area contributed by atoms with Gasteiger partial charge in [0.25, 0.3) is 0 Å². The van der Waals surface area contributed by atoms with Crippen LogP contribution in [0.4, 0.5) is 5.69 Å². The minimum absolute atomic E-state index is 0.166. The summed E-state index contributed by atoms with van der Waals surface area (Å²) in [6.45, 7) is 0. The molecule has 0 radical (unpaired) electrons. The summed E-state index contributed by atoms with van der Waals surface area (Å²) in [6.07, 6.45) is 5.41. The number of sulfonamides is 1. The fraction of sp³-hybridized carbons (Fsp3) is 0.308. The van der Waals surface area contributed by atoms with E-state index in [0.717, 1.165) is 36.8 Å². The number of anilines is 1. The van der Waals surface area contributed by atoms with E-state index >= 15 is 0 Å². The zero-order chi connectivity index (χ0) is 22.0. The number of nitrogens with one attached hydrogen (secondary N) is 1. The van der Waals surface area contributed by atoms with E-state index < -0.39 is 15.8 Å². The normalized spacial score (nSPS) is 17.8. The van der Waals surface area contributed by atoms with E-state index in [4.69, 9.17) is 9.47 Å². The topological polar surface area (TPSA) is 64.6 Å². The standard InChI is InChI=1S/C26H27NO4S/c28-32(29,19-20-10-4-1-5-11-20)27-23-16-17-24-25(18-23)31-26(30-24,21-12-6-2-7-13-21)22-14-8-3-9-15-22/h2-3,6-9,12-18,20,27H,1,4-5,10-11,19H2. The SMILES string of the molecule is O=S(=O)(CC1CCCCC1)Nc1ccc2c(c1)OC(c1ccccc1)(c1ccccc1)O2. The molecule has 5 rings (SSSR count). The van der Waals surface area contributed by atoms with Crippen molar-refractivity contribution in [3.05, 3.63) is 90.0 Å². The van der Waals surface area contributed by atoms with Crippen LogP contribution < -0.4 is 14.2 Å². The molecule has 5 nitrogen and oxygen atoms in total. The molecule has 1 aliphatic heterocycles. The van der Waals surface area contributed by atoms with Crippen molar-refractivity contribution in [1.82, 2.24) is 0 Å². The molecular formula is C26H27NO4S. The van der Waals surface area contributed by atoms with E-state index in [1.807, 2.05) is 60.7 Å². The third-order valence-corrected chi connectivity index (χ3v) is 7.67. The smallest absolute Gasteiger partial charge is 0.305 e. The second-order valence-corrected chi connectivity index (χ2v) is 10.4. The summed E-state index contributed by atoms with van der Waals surface area (Å²) >= 11 is 0. The average molecular weight is 450 g/mol. The first-order valence-electron chi connectivity index (χ1n) is 11.2. The van der Waals surface area contributed by atoms with Gasteiger partial charge in [0.15, 0.2) is 11.5 Å². The first-order valence-corrected chi connectivity index (χ1v) is 12.8. The Labute approximate surface area is 189 Å². The Hall–Kier alpha value is -2.99. The second-order valence-electron chi connectivity index (χ2n) is 8.60. The lowest BCUT2D eigenvalue weighted by Crippen LogP contribution is -2.36. The number of hydrogen-bond acceptors (Lipinski definition) is 4. The molecule has 1 heterocycles. The molecule has 0 bridgehead atoms. The van der Waals surface area contributed by atoms with Gasteiger partial charge in [-0.3, -0.25) is 4.72 Å². The summed E-state index contributed by atoms with van der Waals surface area (Å²) in [5, 5.41) is 0. The van der Waals surface area contributed by atoms with Gasteiger partial charge in [-0.2, -0.15) is 0 Å². The van der Waals surface area contributed by atoms with Crippen molar-refractivity contribution in [2.75, 3.05) is 10.5 Å². The fourth-order valence-electron chi connectivity index (χ4n) is 4.67. The summed E-state index contributed by atoms with van der Waals surface area (Å²) in [5.41, 5.74) is 2.21. The average Bonchev–Trinajstić information content (AvgIpc) is 3.20. The van der Waals surface area contributed by atoms with Gasteiger partial charge in [-0.05, 0) is 30.9 Å². The van der Waals surface area contributed by atoms with Crippen LogP contribution in [-0.4, -0.2) is 14.2 Å². The molecule has 0 atom stereocenters. The Morgan fingerprint density at radius 1 is 0.781 bits per heavy atom. The maximum Gasteiger partial charge on any atom is 0.305 e. The number of ether oxygens (including phenoxy) is 2. The van der Waals surface area contributed by atoms with Crippen molar-refractivity contribution in [3.63, 3.8) is 0 Å². The molecule has 0 saturated heterocycles. The first-order chi connectivity index (χ1) is 15.5. The Morgan fingerprint density at radius 3 is 2.00 bits per heavy atom. The van der Waals surface area contributed by atoms with Crippen LogP contribution in [0.2, 0.25) is 0 Å². The highest BCUT2D eigenvalue weighted by atomic mass is 32.2. The molecule has 166 valence electrons. The molecule has 1 N–H and O–H groups in total. The van der Waals surface area contributed by atoms with Gasteiger partial charge < -0.3 is 9.47 Å². The zero-order valence-electron chi connectivity index (χ0n) is 17.9. The molecule has 3 aromatic rings. The van der Waals surface area contributed by atoms with E-state index in [-0.39, 0.29) is 11.7 Å². The molecule has 1 aliphatic carbocycles. The molecule has 32 heavy (non-hydrogen) atoms. The highest BCUT2D eigenvalue weighted by Gasteiger charge is 2.45. The Bertz CT molecular complexity index is 1130. The van der Waals surface area contributed by atoms with Crippen LogP contribution in [0.25, 0.3) is 0 Å². The molecule has 0 spiro atoms. The zero-order valence-corrected chi connectivity index (χ0v) is 18.7. The van der Waals surface area contributed by atoms with Gasteiger partial charge >= 0.3 is 5.79 Å². The lowest BCUT2D eigenvalue weighted by molar-refractivity contribution is -0.0458. The summed E-state index contributed by atoms with van der Waals surface area (Å²) in [4.78, 5) is 0. The van der Waals surface area contributed by atoms with Gasteiger partial charge in [-0.25, -0.2) is 8.42 Å². The Morgan fingerprint density at radius 2 is 1.38 bits per heavy atom. The number of benzene rings is 3. The lowest BCUT2D eigenvalue weighted by Gasteiger charge is -2.28. The third kappa shape index (κ3) is 4.19. The summed E-state index contributed by atoms with van der Waals surface area (Å²) in [6, 6.07) is 24.7. The van der Waals surface area contributed by atoms with Gasteiger partial charge in [-0.15, -0.1) is 0 Å². The van der Waals surface area contributed by atoms with E-state index in [9.17, 15) is 8.42 Å². The van der Waals surface area contributed by atoms with Crippen LogP contribution in [0.15, 0.2) is 78.9 Å². The first kappa shape index (κ1) is 20.9. The predicted molar refractivity (Wildman–Crippen MR) is 125 cm³/mol. The van der Waals surface area contributed by atoms with E-state index in [2.05, 4.69) is 4.72 Å². The van der Waals surface area contributed by atoms with Crippen LogP contribution >= 0.6 is 0 Å². The van der Waals surface area contributed by atoms with Gasteiger partial charge in [0.1, 0.15) is 0 Å². The summed E-state index contributed by atoms with van der Waals surface area (Å²) in [7, 11) is -3.43. The molecule has 1 saturated carbocycles. The molecule has 3 aromatic carbocycles. The van der Waals surface area contributed by atoms with Gasteiger partial charge in [0.2, 0.25) is 10.0 Å². The van der Waals surface area contributed by atoms with Crippen molar-refractivity contribution >= 4 is 15.7 Å². The highest BCUT2D eigenvalue weighted by molar-refractivity contribution is 7.92. The van der Waals surface area contributed by atoms with Crippen molar-refractivity contribution in [2.45, 2.75) is 37.9 Å². The fourth-order valence-corrected chi connectivity index (χ4v) is 6.19. The van der Waals surface area contributed by atoms with Crippen molar-refractivity contribution in [2.24, 2.45) is 5.92 Å². The van der Waals surface area contributed by atoms with Gasteiger partial charge in [0.05, 0.1) is 11.4 Å². The van der Waals surface area contributed by atoms with Crippen LogP contribution in [-0.2, 0) is 15.8 Å². The van der Waals surface area contributed by atoms with Crippen molar-refractivity contribution < 1.29 is 17.9 Å². The molecule has 1 fully saturated rings. The number of fused-ring (bicyclic) bond motifs is 1. The largest absolute Gasteiger partial charge is 0.440 e. The number of hydrogen-bond donors (Lipinski definition) is 1. The molecular weight excluding hydrogens is 422 g/mol. The maximum absolute atomic E-state index is 12.8. The second kappa shape index (κ2) is 8.51. The van der Waals surface area contributed by atoms with Crippen LogP contribution in [0.1, 0.15) is 43.2 Å². The van der Waals surface area contributed by atoms with Gasteiger partial charge in [0, 0.05) is 17.2 Å². The van der Waals surface area contributed by atoms with Gasteiger partial charge in [-0.1, -0.05) is 79.9 Å². The quantitative estimate of drug-likeness (QED) is 0.526. The minimum atomic E-state index is -3.43. The minimum Gasteiger partial charge on any atom is -0.440 e. The van der Waals surface area contributed by atoms with Crippen LogP contribution in [0, 0.1) is 5.92 Å². The van der Waals surface area contributed by atoms with E-state index in [1.165, 1.54) is 6.42 Å². The van der Waals surface area contributed by atoms with Crippen molar-refractivity contribution in [3.8, 4) is 11.5 Å². The van der Waals surface area contributed by atoms with Crippen molar-refractivity contribution in [1.29, 1.82) is 0 Å². The predicted octanol–water partition coefficient (Wildman–Crippen LogP) is 5.68. The Kier molecular flexibility index (Phi) is 5.55. The molecule has 6 heteroatoms. The van der Waals surface area contributed by atoms with Crippen LogP contribution in [0.3, 0.4) is 0 Å². The maximum atomic E-state index is 12.8. The van der Waals surface area contributed by atoms with E-state index in [1.54, 1.807) is 18.2 Å². The summed E-state index contributed by atoms with van der Waals surface area (Å²) in [5.74, 6) is 0.367.